The van der Waals surface area contributed by atoms with Crippen LogP contribution in [0.4, 0.5) is 5.82 Å². The number of pyridine rings is 1. The smallest absolute Gasteiger partial charge is 0.255 e. The van der Waals surface area contributed by atoms with Crippen LogP contribution in [-0.2, 0) is 11.2 Å². The number of rotatable bonds is 4. The number of anilines is 1. The maximum absolute atomic E-state index is 13.0. The van der Waals surface area contributed by atoms with Gasteiger partial charge in [0.1, 0.15) is 11.6 Å². The molecule has 4 heterocycles. The molecule has 2 aliphatic heterocycles. The largest absolute Gasteiger partial charge is 0.338 e. The van der Waals surface area contributed by atoms with E-state index < -0.39 is 0 Å². The van der Waals surface area contributed by atoms with Gasteiger partial charge >= 0.3 is 0 Å². The zero-order valence-corrected chi connectivity index (χ0v) is 19.5. The molecule has 2 aromatic rings. The Morgan fingerprint density at radius 2 is 1.94 bits per heavy atom. The van der Waals surface area contributed by atoms with E-state index in [0.717, 1.165) is 55.3 Å². The highest BCUT2D eigenvalue weighted by atomic mass is 16.2. The first kappa shape index (κ1) is 22.0. The number of aryl methyl sites for hydroxylation is 1. The van der Waals surface area contributed by atoms with Crippen LogP contribution in [-0.4, -0.2) is 51.3 Å². The van der Waals surface area contributed by atoms with E-state index in [9.17, 15) is 9.59 Å². The fraction of sp³-hybridized carbons (Fsp3) is 0.577. The Balaban J connectivity index is 1.39. The number of nitrogens with zero attached hydrogens (tertiary/aromatic N) is 5. The topological polar surface area (TPSA) is 79.3 Å². The Morgan fingerprint density at radius 1 is 1.09 bits per heavy atom. The zero-order valence-electron chi connectivity index (χ0n) is 19.5. The standard InChI is InChI=1S/C26H33N5O2/c1-18-22-11-12-23(32)31(16-19-7-3-2-4-8-19)25(22)29-24(28-18)21-10-6-14-30(17-21)26(33)20-9-5-13-27-15-20/h5,9,13,15,19,21H,2-4,6-8,10-12,14,16-17H2,1H3/t21-/m1/s1. The van der Waals surface area contributed by atoms with E-state index in [1.807, 2.05) is 22.8 Å². The van der Waals surface area contributed by atoms with Gasteiger partial charge in [0.2, 0.25) is 5.91 Å². The molecule has 7 nitrogen and oxygen atoms in total. The van der Waals surface area contributed by atoms with Crippen LogP contribution in [0, 0.1) is 12.8 Å². The van der Waals surface area contributed by atoms with Gasteiger partial charge in [0.25, 0.3) is 5.91 Å². The second kappa shape index (κ2) is 9.57. The SMILES string of the molecule is Cc1nc([C@@H]2CCCN(C(=O)c3cccnc3)C2)nc2c1CCC(=O)N2CC1CCCCC1. The summed E-state index contributed by atoms with van der Waals surface area (Å²) in [6.45, 7) is 4.15. The van der Waals surface area contributed by atoms with Crippen LogP contribution in [0.3, 0.4) is 0 Å². The van der Waals surface area contributed by atoms with Crippen LogP contribution < -0.4 is 4.90 Å². The number of aromatic nitrogens is 3. The van der Waals surface area contributed by atoms with Gasteiger partial charge in [-0.3, -0.25) is 19.5 Å². The van der Waals surface area contributed by atoms with Gasteiger partial charge in [0.05, 0.1) is 5.56 Å². The van der Waals surface area contributed by atoms with Gasteiger partial charge in [-0.05, 0) is 57.1 Å². The van der Waals surface area contributed by atoms with Gasteiger partial charge in [-0.2, -0.15) is 0 Å². The summed E-state index contributed by atoms with van der Waals surface area (Å²) in [7, 11) is 0. The number of likely N-dealkylation sites (tertiary alicyclic amines) is 1. The molecule has 1 saturated carbocycles. The van der Waals surface area contributed by atoms with Crippen molar-refractivity contribution in [3.05, 3.63) is 47.2 Å². The minimum Gasteiger partial charge on any atom is -0.338 e. The molecule has 2 amide bonds. The number of piperidine rings is 1. The van der Waals surface area contributed by atoms with Crippen molar-refractivity contribution in [3.63, 3.8) is 0 Å². The van der Waals surface area contributed by atoms with Crippen LogP contribution in [0.1, 0.15) is 84.7 Å². The second-order valence-corrected chi connectivity index (χ2v) is 9.81. The lowest BCUT2D eigenvalue weighted by Gasteiger charge is -2.35. The number of hydrogen-bond donors (Lipinski definition) is 0. The highest BCUT2D eigenvalue weighted by molar-refractivity contribution is 5.95. The average molecular weight is 448 g/mol. The van der Waals surface area contributed by atoms with E-state index in [1.54, 1.807) is 18.5 Å². The lowest BCUT2D eigenvalue weighted by Crippen LogP contribution is -2.42. The maximum atomic E-state index is 13.0. The monoisotopic (exact) mass is 447 g/mol. The van der Waals surface area contributed by atoms with Crippen molar-refractivity contribution in [2.75, 3.05) is 24.5 Å². The summed E-state index contributed by atoms with van der Waals surface area (Å²) in [5, 5.41) is 0. The van der Waals surface area contributed by atoms with E-state index in [2.05, 4.69) is 4.98 Å². The van der Waals surface area contributed by atoms with Gasteiger partial charge in [-0.25, -0.2) is 9.97 Å². The number of fused-ring (bicyclic) bond motifs is 1. The van der Waals surface area contributed by atoms with Gasteiger partial charge in [-0.15, -0.1) is 0 Å². The first-order valence-electron chi connectivity index (χ1n) is 12.5. The Hall–Kier alpha value is -2.83. The summed E-state index contributed by atoms with van der Waals surface area (Å²) < 4.78 is 0. The molecular weight excluding hydrogens is 414 g/mol. The van der Waals surface area contributed by atoms with Gasteiger partial charge in [-0.1, -0.05) is 19.3 Å². The maximum Gasteiger partial charge on any atom is 0.255 e. The molecule has 0 N–H and O–H groups in total. The Morgan fingerprint density at radius 3 is 2.73 bits per heavy atom. The summed E-state index contributed by atoms with van der Waals surface area (Å²) >= 11 is 0. The molecule has 1 saturated heterocycles. The van der Waals surface area contributed by atoms with Crippen LogP contribution in [0.5, 0.6) is 0 Å². The Bertz CT molecular complexity index is 1020. The average Bonchev–Trinajstić information content (AvgIpc) is 2.86. The molecule has 0 radical (unpaired) electrons. The van der Waals surface area contributed by atoms with Crippen LogP contribution >= 0.6 is 0 Å². The molecule has 7 heteroatoms. The molecular formula is C26H33N5O2. The molecule has 2 aromatic heterocycles. The Kier molecular flexibility index (Phi) is 6.38. The predicted octanol–water partition coefficient (Wildman–Crippen LogP) is 4.06. The zero-order chi connectivity index (χ0) is 22.8. The lowest BCUT2D eigenvalue weighted by molar-refractivity contribution is -0.119. The number of carbonyl (C=O) groups excluding carboxylic acids is 2. The molecule has 33 heavy (non-hydrogen) atoms. The fourth-order valence-electron chi connectivity index (χ4n) is 5.65. The van der Waals surface area contributed by atoms with E-state index in [1.165, 1.54) is 32.1 Å². The minimum absolute atomic E-state index is 0.0107. The molecule has 0 spiro atoms. The van der Waals surface area contributed by atoms with Crippen molar-refractivity contribution in [2.24, 2.45) is 5.92 Å². The fourth-order valence-corrected chi connectivity index (χ4v) is 5.65. The van der Waals surface area contributed by atoms with Crippen LogP contribution in [0.2, 0.25) is 0 Å². The van der Waals surface area contributed by atoms with E-state index >= 15 is 0 Å². The summed E-state index contributed by atoms with van der Waals surface area (Å²) in [6.07, 6.45) is 12.7. The van der Waals surface area contributed by atoms with Crippen LogP contribution in [0.25, 0.3) is 0 Å². The molecule has 0 aromatic carbocycles. The number of amides is 2. The predicted molar refractivity (Wildman–Crippen MR) is 126 cm³/mol. The first-order valence-corrected chi connectivity index (χ1v) is 12.5. The van der Waals surface area contributed by atoms with E-state index in [-0.39, 0.29) is 17.7 Å². The molecule has 1 aliphatic carbocycles. The van der Waals surface area contributed by atoms with E-state index in [0.29, 0.717) is 24.4 Å². The lowest BCUT2D eigenvalue weighted by atomic mass is 9.88. The summed E-state index contributed by atoms with van der Waals surface area (Å²) in [4.78, 5) is 43.7. The third kappa shape index (κ3) is 4.63. The highest BCUT2D eigenvalue weighted by Gasteiger charge is 2.33. The van der Waals surface area contributed by atoms with Gasteiger partial charge in [0, 0.05) is 55.6 Å². The van der Waals surface area contributed by atoms with Crippen molar-refractivity contribution < 1.29 is 9.59 Å². The first-order chi connectivity index (χ1) is 16.1. The quantitative estimate of drug-likeness (QED) is 0.706. The van der Waals surface area contributed by atoms with Crippen molar-refractivity contribution >= 4 is 17.6 Å². The van der Waals surface area contributed by atoms with Gasteiger partial charge in [0.15, 0.2) is 0 Å². The van der Waals surface area contributed by atoms with E-state index in [4.69, 9.17) is 9.97 Å². The van der Waals surface area contributed by atoms with Crippen molar-refractivity contribution in [1.82, 2.24) is 19.9 Å². The second-order valence-electron chi connectivity index (χ2n) is 9.81. The van der Waals surface area contributed by atoms with Gasteiger partial charge < -0.3 is 4.90 Å². The molecule has 5 rings (SSSR count). The summed E-state index contributed by atoms with van der Waals surface area (Å²) in [6, 6.07) is 3.61. The highest BCUT2D eigenvalue weighted by Crippen LogP contribution is 2.34. The molecule has 1 atom stereocenters. The number of carbonyl (C=O) groups is 2. The molecule has 0 unspecified atom stereocenters. The van der Waals surface area contributed by atoms with Crippen molar-refractivity contribution in [1.29, 1.82) is 0 Å². The number of hydrogen-bond acceptors (Lipinski definition) is 5. The van der Waals surface area contributed by atoms with Crippen LogP contribution in [0.15, 0.2) is 24.5 Å². The summed E-state index contributed by atoms with van der Waals surface area (Å²) in [5.41, 5.74) is 2.71. The molecule has 2 fully saturated rings. The third-order valence-electron chi connectivity index (χ3n) is 7.50. The third-order valence-corrected chi connectivity index (χ3v) is 7.50. The minimum atomic E-state index is 0.0107. The molecule has 3 aliphatic rings. The molecule has 0 bridgehead atoms. The molecule has 174 valence electrons. The normalized spacial score (nSPS) is 21.7. The van der Waals surface area contributed by atoms with Crippen molar-refractivity contribution in [2.45, 2.75) is 70.6 Å². The van der Waals surface area contributed by atoms with Crippen molar-refractivity contribution in [3.8, 4) is 0 Å². The Labute approximate surface area is 195 Å². The summed E-state index contributed by atoms with van der Waals surface area (Å²) in [5.74, 6) is 2.45.